The van der Waals surface area contributed by atoms with Gasteiger partial charge in [0.1, 0.15) is 11.5 Å². The summed E-state index contributed by atoms with van der Waals surface area (Å²) in [7, 11) is 0. The molecular weight excluding hydrogens is 192 g/mol. The summed E-state index contributed by atoms with van der Waals surface area (Å²) in [5.41, 5.74) is 0. The van der Waals surface area contributed by atoms with Crippen LogP contribution in [0.1, 0.15) is 32.6 Å². The minimum atomic E-state index is -0.242. The Balaban J connectivity index is 2.37. The number of benzene rings is 1. The molecule has 0 bridgehead atoms. The van der Waals surface area contributed by atoms with Crippen molar-refractivity contribution >= 4 is 5.97 Å². The highest BCUT2D eigenvalue weighted by Gasteiger charge is 2.04. The van der Waals surface area contributed by atoms with Gasteiger partial charge in [0.15, 0.2) is 0 Å². The average Bonchev–Trinajstić information content (AvgIpc) is 2.18. The van der Waals surface area contributed by atoms with Gasteiger partial charge in [0.2, 0.25) is 0 Å². The highest BCUT2D eigenvalue weighted by atomic mass is 16.5. The molecule has 82 valence electrons. The summed E-state index contributed by atoms with van der Waals surface area (Å²) in [6.45, 7) is 2.08. The van der Waals surface area contributed by atoms with Crippen molar-refractivity contribution in [1.82, 2.24) is 0 Å². The van der Waals surface area contributed by atoms with Crippen LogP contribution in [0.3, 0.4) is 0 Å². The Morgan fingerprint density at radius 2 is 2.20 bits per heavy atom. The number of aromatic hydroxyl groups is 1. The van der Waals surface area contributed by atoms with Crippen LogP contribution in [0.4, 0.5) is 0 Å². The van der Waals surface area contributed by atoms with Gasteiger partial charge in [-0.05, 0) is 18.6 Å². The van der Waals surface area contributed by atoms with Crippen molar-refractivity contribution in [2.24, 2.45) is 0 Å². The molecule has 1 aromatic rings. The fourth-order valence-electron chi connectivity index (χ4n) is 1.25. The fraction of sp³-hybridized carbons (Fsp3) is 0.417. The van der Waals surface area contributed by atoms with Crippen molar-refractivity contribution < 1.29 is 14.6 Å². The lowest BCUT2D eigenvalue weighted by Gasteiger charge is -2.03. The maximum absolute atomic E-state index is 11.3. The number of carbonyl (C=O) groups is 1. The Bertz CT molecular complexity index is 320. The molecule has 15 heavy (non-hydrogen) atoms. The second-order valence-electron chi connectivity index (χ2n) is 3.43. The Labute approximate surface area is 89.7 Å². The van der Waals surface area contributed by atoms with Gasteiger partial charge in [-0.15, -0.1) is 0 Å². The molecule has 0 aliphatic carbocycles. The number of phenols is 1. The van der Waals surface area contributed by atoms with Gasteiger partial charge >= 0.3 is 5.97 Å². The number of esters is 1. The molecule has 0 radical (unpaired) electrons. The molecule has 3 nitrogen and oxygen atoms in total. The SMILES string of the molecule is CCCCCC(=O)Oc1cccc(O)c1. The van der Waals surface area contributed by atoms with Gasteiger partial charge in [0.05, 0.1) is 0 Å². The zero-order chi connectivity index (χ0) is 11.1. The fourth-order valence-corrected chi connectivity index (χ4v) is 1.25. The molecule has 0 heterocycles. The zero-order valence-electron chi connectivity index (χ0n) is 8.90. The van der Waals surface area contributed by atoms with Crippen molar-refractivity contribution in [1.29, 1.82) is 0 Å². The predicted octanol–water partition coefficient (Wildman–Crippen LogP) is 2.88. The molecule has 0 fully saturated rings. The lowest BCUT2D eigenvalue weighted by molar-refractivity contribution is -0.134. The second kappa shape index (κ2) is 6.06. The maximum atomic E-state index is 11.3. The van der Waals surface area contributed by atoms with Crippen LogP contribution >= 0.6 is 0 Å². The molecule has 0 amide bonds. The number of phenolic OH excluding ortho intramolecular Hbond substituents is 1. The lowest BCUT2D eigenvalue weighted by atomic mass is 10.2. The number of unbranched alkanes of at least 4 members (excludes halogenated alkanes) is 2. The molecule has 0 aliphatic heterocycles. The van der Waals surface area contributed by atoms with E-state index in [4.69, 9.17) is 9.84 Å². The molecule has 1 aromatic carbocycles. The van der Waals surface area contributed by atoms with E-state index >= 15 is 0 Å². The van der Waals surface area contributed by atoms with E-state index in [-0.39, 0.29) is 11.7 Å². The topological polar surface area (TPSA) is 46.5 Å². The van der Waals surface area contributed by atoms with Crippen molar-refractivity contribution in [3.63, 3.8) is 0 Å². The van der Waals surface area contributed by atoms with Crippen molar-refractivity contribution in [2.75, 3.05) is 0 Å². The van der Waals surface area contributed by atoms with E-state index in [1.165, 1.54) is 12.1 Å². The molecule has 0 unspecified atom stereocenters. The Kier molecular flexibility index (Phi) is 4.68. The van der Waals surface area contributed by atoms with Crippen LogP contribution in [-0.2, 0) is 4.79 Å². The monoisotopic (exact) mass is 208 g/mol. The van der Waals surface area contributed by atoms with E-state index in [1.54, 1.807) is 12.1 Å². The van der Waals surface area contributed by atoms with Crippen molar-refractivity contribution in [2.45, 2.75) is 32.6 Å². The average molecular weight is 208 g/mol. The molecule has 0 aliphatic rings. The van der Waals surface area contributed by atoms with Gasteiger partial charge in [0.25, 0.3) is 0 Å². The number of carbonyl (C=O) groups excluding carboxylic acids is 1. The smallest absolute Gasteiger partial charge is 0.311 e. The van der Waals surface area contributed by atoms with Crippen LogP contribution < -0.4 is 4.74 Å². The van der Waals surface area contributed by atoms with Crippen LogP contribution in [0.15, 0.2) is 24.3 Å². The summed E-state index contributed by atoms with van der Waals surface area (Å²) < 4.78 is 5.04. The third-order valence-corrected chi connectivity index (χ3v) is 2.03. The normalized spacial score (nSPS) is 9.93. The van der Waals surface area contributed by atoms with Crippen LogP contribution in [-0.4, -0.2) is 11.1 Å². The van der Waals surface area contributed by atoms with Crippen LogP contribution in [0.25, 0.3) is 0 Å². The molecule has 0 spiro atoms. The summed E-state index contributed by atoms with van der Waals surface area (Å²) >= 11 is 0. The van der Waals surface area contributed by atoms with Crippen molar-refractivity contribution in [3.05, 3.63) is 24.3 Å². The van der Waals surface area contributed by atoms with E-state index in [0.717, 1.165) is 19.3 Å². The summed E-state index contributed by atoms with van der Waals surface area (Å²) in [5, 5.41) is 9.15. The zero-order valence-corrected chi connectivity index (χ0v) is 8.90. The summed E-state index contributed by atoms with van der Waals surface area (Å²) in [4.78, 5) is 11.3. The van der Waals surface area contributed by atoms with E-state index in [0.29, 0.717) is 12.2 Å². The van der Waals surface area contributed by atoms with Crippen LogP contribution in [0.2, 0.25) is 0 Å². The third-order valence-electron chi connectivity index (χ3n) is 2.03. The highest BCUT2D eigenvalue weighted by molar-refractivity contribution is 5.72. The molecule has 3 heteroatoms. The molecule has 0 saturated heterocycles. The highest BCUT2D eigenvalue weighted by Crippen LogP contribution is 2.18. The lowest BCUT2D eigenvalue weighted by Crippen LogP contribution is -2.07. The molecule has 1 N–H and O–H groups in total. The van der Waals surface area contributed by atoms with E-state index in [2.05, 4.69) is 6.92 Å². The van der Waals surface area contributed by atoms with E-state index in [1.807, 2.05) is 0 Å². The van der Waals surface area contributed by atoms with Gasteiger partial charge in [-0.2, -0.15) is 0 Å². The van der Waals surface area contributed by atoms with Gasteiger partial charge in [-0.1, -0.05) is 25.8 Å². The molecule has 0 atom stereocenters. The quantitative estimate of drug-likeness (QED) is 0.459. The van der Waals surface area contributed by atoms with Crippen molar-refractivity contribution in [3.8, 4) is 11.5 Å². The van der Waals surface area contributed by atoms with Gasteiger partial charge in [-0.3, -0.25) is 4.79 Å². The number of rotatable bonds is 5. The van der Waals surface area contributed by atoms with Crippen LogP contribution in [0.5, 0.6) is 11.5 Å². The molecule has 1 rings (SSSR count). The van der Waals surface area contributed by atoms with Gasteiger partial charge in [0, 0.05) is 12.5 Å². The Hall–Kier alpha value is -1.51. The summed E-state index contributed by atoms with van der Waals surface area (Å²) in [6, 6.07) is 6.26. The third kappa shape index (κ3) is 4.49. The first-order valence-corrected chi connectivity index (χ1v) is 5.22. The standard InChI is InChI=1S/C12H16O3/c1-2-3-4-8-12(14)15-11-7-5-6-10(13)9-11/h5-7,9,13H,2-4,8H2,1H3. The summed E-state index contributed by atoms with van der Waals surface area (Å²) in [5.74, 6) is 0.263. The van der Waals surface area contributed by atoms with Gasteiger partial charge < -0.3 is 9.84 Å². The Morgan fingerprint density at radius 1 is 1.40 bits per heavy atom. The Morgan fingerprint density at radius 3 is 2.87 bits per heavy atom. The number of ether oxygens (including phenoxy) is 1. The predicted molar refractivity (Wildman–Crippen MR) is 57.9 cm³/mol. The molecule has 0 saturated carbocycles. The first-order valence-electron chi connectivity index (χ1n) is 5.22. The minimum Gasteiger partial charge on any atom is -0.508 e. The minimum absolute atomic E-state index is 0.105. The second-order valence-corrected chi connectivity index (χ2v) is 3.43. The van der Waals surface area contributed by atoms with Crippen LogP contribution in [0, 0.1) is 0 Å². The van der Waals surface area contributed by atoms with E-state index < -0.39 is 0 Å². The van der Waals surface area contributed by atoms with Gasteiger partial charge in [-0.25, -0.2) is 0 Å². The molecule has 0 aromatic heterocycles. The number of hydrogen-bond donors (Lipinski definition) is 1. The number of hydrogen-bond acceptors (Lipinski definition) is 3. The largest absolute Gasteiger partial charge is 0.508 e. The maximum Gasteiger partial charge on any atom is 0.311 e. The summed E-state index contributed by atoms with van der Waals surface area (Å²) in [6.07, 6.45) is 3.41. The first kappa shape index (κ1) is 11.6. The first-order chi connectivity index (χ1) is 7.22. The molecular formula is C12H16O3. The van der Waals surface area contributed by atoms with E-state index in [9.17, 15) is 4.79 Å².